The van der Waals surface area contributed by atoms with Crippen LogP contribution in [-0.4, -0.2) is 54.3 Å². The number of aromatic nitrogens is 3. The number of hydrogen-bond acceptors (Lipinski definition) is 7. The van der Waals surface area contributed by atoms with Gasteiger partial charge < -0.3 is 14.5 Å². The van der Waals surface area contributed by atoms with Gasteiger partial charge in [0.1, 0.15) is 17.2 Å². The van der Waals surface area contributed by atoms with Gasteiger partial charge in [0.2, 0.25) is 0 Å². The van der Waals surface area contributed by atoms with E-state index in [-0.39, 0.29) is 0 Å². The van der Waals surface area contributed by atoms with E-state index < -0.39 is 0 Å². The summed E-state index contributed by atoms with van der Waals surface area (Å²) < 4.78 is 5.94. The van der Waals surface area contributed by atoms with E-state index in [2.05, 4.69) is 69.4 Å². The summed E-state index contributed by atoms with van der Waals surface area (Å²) in [6.07, 6.45) is 4.15. The quantitative estimate of drug-likeness (QED) is 0.340. The summed E-state index contributed by atoms with van der Waals surface area (Å²) >= 11 is 4.46. The first-order valence-electron chi connectivity index (χ1n) is 11.0. The van der Waals surface area contributed by atoms with Crippen molar-refractivity contribution in [2.45, 2.75) is 30.6 Å². The number of hydrogen-bond donors (Lipinski definition) is 0. The molecule has 2 unspecified atom stereocenters. The molecule has 0 radical (unpaired) electrons. The van der Waals surface area contributed by atoms with E-state index in [1.165, 1.54) is 34.1 Å². The van der Waals surface area contributed by atoms with Gasteiger partial charge in [-0.25, -0.2) is 15.0 Å². The Bertz CT molecular complexity index is 1050. The number of halogens is 1. The molecule has 0 amide bonds. The first-order valence-corrected chi connectivity index (χ1v) is 13.1. The zero-order valence-electron chi connectivity index (χ0n) is 18.1. The lowest BCUT2D eigenvalue weighted by molar-refractivity contribution is 0.122. The molecule has 4 heterocycles. The van der Waals surface area contributed by atoms with Gasteiger partial charge in [-0.3, -0.25) is 0 Å². The highest BCUT2D eigenvalue weighted by molar-refractivity contribution is 14.1. The number of morpholine rings is 1. The Balaban J connectivity index is 1.39. The van der Waals surface area contributed by atoms with Crippen molar-refractivity contribution in [1.29, 1.82) is 0 Å². The lowest BCUT2D eigenvalue weighted by atomic mass is 9.94. The number of fused-ring (bicyclic) bond motifs is 1. The van der Waals surface area contributed by atoms with Crippen molar-refractivity contribution in [3.63, 3.8) is 0 Å². The van der Waals surface area contributed by atoms with Gasteiger partial charge in [0, 0.05) is 42.1 Å². The molecule has 0 saturated carbocycles. The molecule has 0 aliphatic carbocycles. The molecular formula is C23H28IN5OS. The number of anilines is 2. The largest absolute Gasteiger partial charge is 0.378 e. The standard InChI is InChI=1S/C23H28IN5OS/c1-15-16(2)31-23(27-15)21(24)17-4-3-7-29(13-17)22-19-6-5-18(12-20(19)25-14-26-22)28-8-10-30-11-9-28/h5-6,12,14,17,21H,3-4,7-11,13H2,1-2H3. The van der Waals surface area contributed by atoms with Crippen molar-refractivity contribution >= 4 is 56.3 Å². The van der Waals surface area contributed by atoms with E-state index >= 15 is 0 Å². The second-order valence-corrected chi connectivity index (χ2v) is 11.0. The van der Waals surface area contributed by atoms with Crippen molar-refractivity contribution in [3.8, 4) is 0 Å². The third-order valence-electron chi connectivity index (χ3n) is 6.43. The van der Waals surface area contributed by atoms with Crippen LogP contribution in [0.4, 0.5) is 11.5 Å². The van der Waals surface area contributed by atoms with Gasteiger partial charge >= 0.3 is 0 Å². The minimum absolute atomic E-state index is 0.443. The molecule has 2 aliphatic rings. The Hall–Kier alpha value is -1.52. The van der Waals surface area contributed by atoms with Crippen LogP contribution in [0.2, 0.25) is 0 Å². The van der Waals surface area contributed by atoms with Crippen molar-refractivity contribution in [2.24, 2.45) is 5.92 Å². The maximum Gasteiger partial charge on any atom is 0.139 e. The maximum absolute atomic E-state index is 5.50. The number of alkyl halides is 1. The Morgan fingerprint density at radius 3 is 2.74 bits per heavy atom. The molecule has 6 nitrogen and oxygen atoms in total. The number of rotatable bonds is 4. The first-order chi connectivity index (χ1) is 15.1. The van der Waals surface area contributed by atoms with Crippen LogP contribution in [0, 0.1) is 19.8 Å². The van der Waals surface area contributed by atoms with E-state index in [9.17, 15) is 0 Å². The lowest BCUT2D eigenvalue weighted by Gasteiger charge is -2.36. The first kappa shape index (κ1) is 21.3. The molecule has 2 atom stereocenters. The third-order valence-corrected chi connectivity index (χ3v) is 9.61. The molecule has 0 bridgehead atoms. The Morgan fingerprint density at radius 2 is 1.97 bits per heavy atom. The summed E-state index contributed by atoms with van der Waals surface area (Å²) in [4.78, 5) is 20.3. The molecule has 164 valence electrons. The zero-order chi connectivity index (χ0) is 21.4. The van der Waals surface area contributed by atoms with Crippen LogP contribution in [0.5, 0.6) is 0 Å². The molecule has 8 heteroatoms. The van der Waals surface area contributed by atoms with Crippen LogP contribution in [-0.2, 0) is 4.74 Å². The van der Waals surface area contributed by atoms with Gasteiger partial charge in [-0.1, -0.05) is 22.6 Å². The second kappa shape index (κ2) is 9.15. The number of ether oxygens (including phenoxy) is 1. The van der Waals surface area contributed by atoms with E-state index in [0.29, 0.717) is 9.84 Å². The van der Waals surface area contributed by atoms with Crippen LogP contribution in [0.3, 0.4) is 0 Å². The van der Waals surface area contributed by atoms with Crippen LogP contribution in [0.1, 0.15) is 32.3 Å². The highest BCUT2D eigenvalue weighted by Crippen LogP contribution is 2.40. The lowest BCUT2D eigenvalue weighted by Crippen LogP contribution is -2.37. The summed E-state index contributed by atoms with van der Waals surface area (Å²) in [7, 11) is 0. The molecular weight excluding hydrogens is 521 g/mol. The fraction of sp³-hybridized carbons (Fsp3) is 0.522. The van der Waals surface area contributed by atoms with Crippen molar-refractivity contribution in [1.82, 2.24) is 15.0 Å². The molecule has 0 N–H and O–H groups in total. The number of nitrogens with zero attached hydrogens (tertiary/aromatic N) is 5. The molecule has 0 spiro atoms. The van der Waals surface area contributed by atoms with Crippen molar-refractivity contribution in [2.75, 3.05) is 49.2 Å². The van der Waals surface area contributed by atoms with E-state index in [1.807, 2.05) is 11.3 Å². The van der Waals surface area contributed by atoms with Gasteiger partial charge in [0.05, 0.1) is 28.3 Å². The average molecular weight is 549 g/mol. The summed E-state index contributed by atoms with van der Waals surface area (Å²) in [5.74, 6) is 1.65. The maximum atomic E-state index is 5.50. The predicted molar refractivity (Wildman–Crippen MR) is 136 cm³/mol. The molecule has 1 aromatic carbocycles. The van der Waals surface area contributed by atoms with Gasteiger partial charge in [0.25, 0.3) is 0 Å². The number of piperidine rings is 1. The van der Waals surface area contributed by atoms with Gasteiger partial charge in [-0.2, -0.15) is 0 Å². The summed E-state index contributed by atoms with van der Waals surface area (Å²) in [6.45, 7) is 9.80. The average Bonchev–Trinajstić information content (AvgIpc) is 3.16. The summed E-state index contributed by atoms with van der Waals surface area (Å²) in [5.41, 5.74) is 3.42. The monoisotopic (exact) mass is 549 g/mol. The summed E-state index contributed by atoms with van der Waals surface area (Å²) in [6, 6.07) is 6.62. The van der Waals surface area contributed by atoms with Crippen LogP contribution < -0.4 is 9.80 Å². The minimum Gasteiger partial charge on any atom is -0.378 e. The molecule has 2 aliphatic heterocycles. The predicted octanol–water partition coefficient (Wildman–Crippen LogP) is 4.93. The molecule has 31 heavy (non-hydrogen) atoms. The molecule has 2 aromatic heterocycles. The SMILES string of the molecule is Cc1nc(C(I)C2CCCN(c3ncnc4cc(N5CCOCC5)ccc34)C2)sc1C. The van der Waals surface area contributed by atoms with Crippen molar-refractivity contribution < 1.29 is 4.74 Å². The third kappa shape index (κ3) is 4.39. The van der Waals surface area contributed by atoms with Crippen LogP contribution >= 0.6 is 33.9 Å². The van der Waals surface area contributed by atoms with Crippen LogP contribution in [0.15, 0.2) is 24.5 Å². The topological polar surface area (TPSA) is 54.4 Å². The van der Waals surface area contributed by atoms with E-state index in [0.717, 1.165) is 56.1 Å². The van der Waals surface area contributed by atoms with Crippen molar-refractivity contribution in [3.05, 3.63) is 40.1 Å². The smallest absolute Gasteiger partial charge is 0.139 e. The highest BCUT2D eigenvalue weighted by Gasteiger charge is 2.30. The fourth-order valence-electron chi connectivity index (χ4n) is 4.56. The summed E-state index contributed by atoms with van der Waals surface area (Å²) in [5, 5.41) is 2.41. The molecule has 5 rings (SSSR count). The number of benzene rings is 1. The second-order valence-electron chi connectivity index (χ2n) is 8.44. The molecule has 2 saturated heterocycles. The normalized spacial score (nSPS) is 20.9. The molecule has 3 aromatic rings. The Morgan fingerprint density at radius 1 is 1.13 bits per heavy atom. The Labute approximate surface area is 201 Å². The fourth-order valence-corrected chi connectivity index (χ4v) is 6.66. The van der Waals surface area contributed by atoms with E-state index in [1.54, 1.807) is 6.33 Å². The van der Waals surface area contributed by atoms with Crippen LogP contribution in [0.25, 0.3) is 10.9 Å². The number of thiazole rings is 1. The van der Waals surface area contributed by atoms with E-state index in [4.69, 9.17) is 14.7 Å². The number of aryl methyl sites for hydroxylation is 2. The highest BCUT2D eigenvalue weighted by atomic mass is 127. The van der Waals surface area contributed by atoms with Gasteiger partial charge in [0.15, 0.2) is 0 Å². The minimum atomic E-state index is 0.443. The zero-order valence-corrected chi connectivity index (χ0v) is 21.0. The Kier molecular flexibility index (Phi) is 6.30. The van der Waals surface area contributed by atoms with Gasteiger partial charge in [-0.05, 0) is 50.8 Å². The van der Waals surface area contributed by atoms with Gasteiger partial charge in [-0.15, -0.1) is 11.3 Å². The molecule has 2 fully saturated rings.